The zero-order valence-electron chi connectivity index (χ0n) is 19.4. The van der Waals surface area contributed by atoms with E-state index in [4.69, 9.17) is 9.84 Å². The number of rotatable bonds is 7. The van der Waals surface area contributed by atoms with E-state index in [-0.39, 0.29) is 29.9 Å². The highest BCUT2D eigenvalue weighted by molar-refractivity contribution is 9.10. The molecule has 184 valence electrons. The van der Waals surface area contributed by atoms with Gasteiger partial charge >= 0.3 is 5.97 Å². The fraction of sp³-hybridized carbons (Fsp3) is 0.0690. The molecule has 8 heteroatoms. The molecule has 2 amide bonds. The van der Waals surface area contributed by atoms with Gasteiger partial charge in [-0.15, -0.1) is 0 Å². The number of benzene rings is 4. The molecule has 4 aromatic rings. The standard InChI is InChI=1S/C29H20BrNO5S/c30-23-12-13-25(36-17-18-8-10-20(11-9-18)28(33)34)22(14-23)15-26-27(32)31(29(35)37-26)16-21-6-3-5-19-4-1-2-7-24(19)21/h1-15H,16-17H2,(H,33,34)/b26-15+. The first-order chi connectivity index (χ1) is 17.9. The summed E-state index contributed by atoms with van der Waals surface area (Å²) in [6.07, 6.45) is 1.67. The number of thioether (sulfide) groups is 1. The number of carbonyl (C=O) groups is 3. The van der Waals surface area contributed by atoms with Gasteiger partial charge in [0.2, 0.25) is 0 Å². The SMILES string of the molecule is O=C(O)c1ccc(COc2ccc(Br)cc2/C=C2/SC(=O)N(Cc3cccc4ccccc34)C2=O)cc1. The molecule has 0 aromatic heterocycles. The van der Waals surface area contributed by atoms with Crippen molar-refractivity contribution in [2.24, 2.45) is 0 Å². The Morgan fingerprint density at radius 3 is 2.51 bits per heavy atom. The van der Waals surface area contributed by atoms with E-state index in [9.17, 15) is 14.4 Å². The first kappa shape index (κ1) is 24.8. The summed E-state index contributed by atoms with van der Waals surface area (Å²) >= 11 is 4.37. The van der Waals surface area contributed by atoms with E-state index in [1.807, 2.05) is 54.6 Å². The zero-order chi connectivity index (χ0) is 25.9. The van der Waals surface area contributed by atoms with Crippen LogP contribution >= 0.6 is 27.7 Å². The summed E-state index contributed by atoms with van der Waals surface area (Å²) in [5.74, 6) is -0.804. The van der Waals surface area contributed by atoms with Crippen molar-refractivity contribution in [2.45, 2.75) is 13.2 Å². The van der Waals surface area contributed by atoms with Gasteiger partial charge in [0, 0.05) is 10.0 Å². The highest BCUT2D eigenvalue weighted by Gasteiger charge is 2.35. The predicted molar refractivity (Wildman–Crippen MR) is 147 cm³/mol. The van der Waals surface area contributed by atoms with E-state index in [1.54, 1.807) is 24.3 Å². The maximum Gasteiger partial charge on any atom is 0.335 e. The average Bonchev–Trinajstić information content (AvgIpc) is 3.16. The molecule has 5 rings (SSSR count). The molecular formula is C29H20BrNO5S. The average molecular weight is 574 g/mol. The summed E-state index contributed by atoms with van der Waals surface area (Å²) in [7, 11) is 0. The molecule has 0 bridgehead atoms. The molecule has 0 saturated carbocycles. The van der Waals surface area contributed by atoms with Crippen LogP contribution in [0.4, 0.5) is 4.79 Å². The normalized spacial score (nSPS) is 14.5. The van der Waals surface area contributed by atoms with Crippen LogP contribution in [0.1, 0.15) is 27.0 Å². The molecular weight excluding hydrogens is 554 g/mol. The lowest BCUT2D eigenvalue weighted by atomic mass is 10.0. The number of ether oxygens (including phenoxy) is 1. The highest BCUT2D eigenvalue weighted by atomic mass is 79.9. The molecule has 1 aliphatic heterocycles. The first-order valence-corrected chi connectivity index (χ1v) is 13.0. The molecule has 1 fully saturated rings. The van der Waals surface area contributed by atoms with Crippen molar-refractivity contribution in [3.8, 4) is 5.75 Å². The van der Waals surface area contributed by atoms with Crippen LogP contribution < -0.4 is 4.74 Å². The smallest absolute Gasteiger partial charge is 0.335 e. The Morgan fingerprint density at radius 1 is 0.973 bits per heavy atom. The number of aromatic carboxylic acids is 1. The monoisotopic (exact) mass is 573 g/mol. The van der Waals surface area contributed by atoms with E-state index in [1.165, 1.54) is 17.0 Å². The second kappa shape index (κ2) is 10.6. The number of nitrogens with zero attached hydrogens (tertiary/aromatic N) is 1. The molecule has 0 spiro atoms. The molecule has 0 atom stereocenters. The van der Waals surface area contributed by atoms with Crippen LogP contribution in [0.5, 0.6) is 5.75 Å². The van der Waals surface area contributed by atoms with Crippen molar-refractivity contribution in [3.05, 3.63) is 117 Å². The van der Waals surface area contributed by atoms with Crippen molar-refractivity contribution in [2.75, 3.05) is 0 Å². The lowest BCUT2D eigenvalue weighted by molar-refractivity contribution is -0.123. The molecule has 0 unspecified atom stereocenters. The lowest BCUT2D eigenvalue weighted by Crippen LogP contribution is -2.27. The molecule has 4 aromatic carbocycles. The Hall–Kier alpha value is -3.88. The van der Waals surface area contributed by atoms with Crippen LogP contribution in [0.3, 0.4) is 0 Å². The van der Waals surface area contributed by atoms with Gasteiger partial charge in [-0.3, -0.25) is 14.5 Å². The van der Waals surface area contributed by atoms with Gasteiger partial charge in [-0.25, -0.2) is 4.79 Å². The number of halogens is 1. The topological polar surface area (TPSA) is 83.9 Å². The van der Waals surface area contributed by atoms with Crippen LogP contribution in [0.25, 0.3) is 16.8 Å². The largest absolute Gasteiger partial charge is 0.488 e. The summed E-state index contributed by atoms with van der Waals surface area (Å²) in [5.41, 5.74) is 2.55. The Balaban J connectivity index is 1.36. The Kier molecular flexibility index (Phi) is 7.12. The number of fused-ring (bicyclic) bond motifs is 1. The van der Waals surface area contributed by atoms with Crippen molar-refractivity contribution in [3.63, 3.8) is 0 Å². The second-order valence-electron chi connectivity index (χ2n) is 8.38. The Labute approximate surface area is 225 Å². The Morgan fingerprint density at radius 2 is 1.73 bits per heavy atom. The molecule has 1 N–H and O–H groups in total. The lowest BCUT2D eigenvalue weighted by Gasteiger charge is -2.14. The van der Waals surface area contributed by atoms with Crippen molar-refractivity contribution in [1.29, 1.82) is 0 Å². The molecule has 0 aliphatic carbocycles. The van der Waals surface area contributed by atoms with Gasteiger partial charge in [0.1, 0.15) is 12.4 Å². The van der Waals surface area contributed by atoms with Gasteiger partial charge in [-0.05, 0) is 70.1 Å². The van der Waals surface area contributed by atoms with Gasteiger partial charge < -0.3 is 9.84 Å². The maximum absolute atomic E-state index is 13.2. The quantitative estimate of drug-likeness (QED) is 0.237. The third-order valence-corrected chi connectivity index (χ3v) is 7.34. The first-order valence-electron chi connectivity index (χ1n) is 11.4. The third kappa shape index (κ3) is 5.45. The van der Waals surface area contributed by atoms with Crippen LogP contribution in [-0.4, -0.2) is 27.1 Å². The fourth-order valence-corrected chi connectivity index (χ4v) is 5.25. The number of carboxylic acid groups (broad SMARTS) is 1. The molecule has 1 aliphatic rings. The van der Waals surface area contributed by atoms with Crippen LogP contribution in [0.15, 0.2) is 94.3 Å². The van der Waals surface area contributed by atoms with Crippen molar-refractivity contribution < 1.29 is 24.2 Å². The summed E-state index contributed by atoms with van der Waals surface area (Å²) in [6.45, 7) is 0.405. The number of hydrogen-bond donors (Lipinski definition) is 1. The molecule has 1 heterocycles. The van der Waals surface area contributed by atoms with E-state index in [0.717, 1.165) is 38.1 Å². The van der Waals surface area contributed by atoms with E-state index < -0.39 is 5.97 Å². The second-order valence-corrected chi connectivity index (χ2v) is 10.3. The van der Waals surface area contributed by atoms with Crippen LogP contribution in [0, 0.1) is 0 Å². The summed E-state index contributed by atoms with van der Waals surface area (Å²) < 4.78 is 6.79. The van der Waals surface area contributed by atoms with Crippen molar-refractivity contribution >= 4 is 61.7 Å². The molecule has 37 heavy (non-hydrogen) atoms. The minimum absolute atomic E-state index is 0.192. The summed E-state index contributed by atoms with van der Waals surface area (Å²) in [6, 6.07) is 25.6. The molecule has 1 saturated heterocycles. The van der Waals surface area contributed by atoms with Crippen molar-refractivity contribution in [1.82, 2.24) is 4.90 Å². The third-order valence-electron chi connectivity index (χ3n) is 5.94. The van der Waals surface area contributed by atoms with Gasteiger partial charge in [-0.2, -0.15) is 0 Å². The predicted octanol–water partition coefficient (Wildman–Crippen LogP) is 7.12. The van der Waals surface area contributed by atoms with Gasteiger partial charge in [0.15, 0.2) is 0 Å². The highest BCUT2D eigenvalue weighted by Crippen LogP contribution is 2.36. The molecule has 6 nitrogen and oxygen atoms in total. The number of hydrogen-bond acceptors (Lipinski definition) is 5. The minimum atomic E-state index is -0.989. The van der Waals surface area contributed by atoms with Gasteiger partial charge in [0.05, 0.1) is 17.0 Å². The van der Waals surface area contributed by atoms with Gasteiger partial charge in [0.25, 0.3) is 11.1 Å². The van der Waals surface area contributed by atoms with Crippen LogP contribution in [-0.2, 0) is 17.9 Å². The number of carboxylic acids is 1. The Bertz CT molecular complexity index is 1560. The number of carbonyl (C=O) groups excluding carboxylic acids is 2. The van der Waals surface area contributed by atoms with E-state index >= 15 is 0 Å². The molecule has 0 radical (unpaired) electrons. The zero-order valence-corrected chi connectivity index (χ0v) is 21.8. The fourth-order valence-electron chi connectivity index (χ4n) is 4.05. The minimum Gasteiger partial charge on any atom is -0.488 e. The van der Waals surface area contributed by atoms with E-state index in [0.29, 0.717) is 16.2 Å². The van der Waals surface area contributed by atoms with Gasteiger partial charge in [-0.1, -0.05) is 70.5 Å². The van der Waals surface area contributed by atoms with Crippen LogP contribution in [0.2, 0.25) is 0 Å². The summed E-state index contributed by atoms with van der Waals surface area (Å²) in [4.78, 5) is 38.7. The maximum atomic E-state index is 13.2. The summed E-state index contributed by atoms with van der Waals surface area (Å²) in [5, 5.41) is 10.8. The van der Waals surface area contributed by atoms with E-state index in [2.05, 4.69) is 15.9 Å². The number of imide groups is 1. The number of amides is 2.